The Labute approximate surface area is 147 Å². The number of amides is 2. The van der Waals surface area contributed by atoms with Crippen molar-refractivity contribution in [2.24, 2.45) is 0 Å². The van der Waals surface area contributed by atoms with Gasteiger partial charge in [0.05, 0.1) is 13.0 Å². The second-order valence-electron chi connectivity index (χ2n) is 6.13. The smallest absolute Gasteiger partial charge is 0.251 e. The highest BCUT2D eigenvalue weighted by molar-refractivity contribution is 5.96. The number of hydrogen-bond donors (Lipinski definition) is 2. The maximum atomic E-state index is 12.1. The zero-order valence-corrected chi connectivity index (χ0v) is 14.2. The molecule has 2 aromatic rings. The van der Waals surface area contributed by atoms with E-state index in [0.717, 1.165) is 24.2 Å². The molecule has 1 aliphatic carbocycles. The van der Waals surface area contributed by atoms with Crippen LogP contribution in [0.5, 0.6) is 5.75 Å². The van der Waals surface area contributed by atoms with E-state index in [1.165, 1.54) is 0 Å². The molecule has 1 aliphatic rings. The molecule has 0 aliphatic heterocycles. The number of nitrogens with one attached hydrogen (secondary N) is 2. The molecular formula is C20H22N2O3. The van der Waals surface area contributed by atoms with Crippen molar-refractivity contribution in [3.05, 3.63) is 59.7 Å². The van der Waals surface area contributed by atoms with Gasteiger partial charge in [-0.25, -0.2) is 0 Å². The lowest BCUT2D eigenvalue weighted by atomic mass is 10.1. The van der Waals surface area contributed by atoms with Crippen LogP contribution >= 0.6 is 0 Å². The van der Waals surface area contributed by atoms with E-state index < -0.39 is 0 Å². The number of anilines is 1. The van der Waals surface area contributed by atoms with Crippen LogP contribution in [0.2, 0.25) is 0 Å². The third kappa shape index (κ3) is 5.08. The molecule has 0 heterocycles. The second kappa shape index (κ2) is 7.83. The van der Waals surface area contributed by atoms with Gasteiger partial charge in [-0.1, -0.05) is 12.1 Å². The lowest BCUT2D eigenvalue weighted by Crippen LogP contribution is -2.25. The average Bonchev–Trinajstić information content (AvgIpc) is 3.41. The van der Waals surface area contributed by atoms with Crippen LogP contribution in [0.1, 0.15) is 35.7 Å². The summed E-state index contributed by atoms with van der Waals surface area (Å²) >= 11 is 0. The Bertz CT molecular complexity index is 735. The lowest BCUT2D eigenvalue weighted by Gasteiger charge is -2.08. The van der Waals surface area contributed by atoms with Crippen molar-refractivity contribution in [2.45, 2.75) is 32.2 Å². The Hall–Kier alpha value is -2.82. The molecule has 0 unspecified atom stereocenters. The Kier molecular flexibility index (Phi) is 5.33. The second-order valence-corrected chi connectivity index (χ2v) is 6.13. The maximum Gasteiger partial charge on any atom is 0.251 e. The number of benzene rings is 2. The van der Waals surface area contributed by atoms with E-state index in [4.69, 9.17) is 4.74 Å². The summed E-state index contributed by atoms with van der Waals surface area (Å²) < 4.78 is 5.39. The van der Waals surface area contributed by atoms with Crippen molar-refractivity contribution < 1.29 is 14.3 Å². The summed E-state index contributed by atoms with van der Waals surface area (Å²) in [6.45, 7) is 2.55. The number of hydrogen-bond acceptors (Lipinski definition) is 3. The van der Waals surface area contributed by atoms with E-state index in [1.807, 2.05) is 31.2 Å². The van der Waals surface area contributed by atoms with E-state index in [-0.39, 0.29) is 18.2 Å². The Balaban J connectivity index is 1.52. The van der Waals surface area contributed by atoms with Gasteiger partial charge in [-0.05, 0) is 61.7 Å². The molecule has 0 saturated heterocycles. The predicted molar refractivity (Wildman–Crippen MR) is 96.9 cm³/mol. The molecule has 0 bridgehead atoms. The van der Waals surface area contributed by atoms with Crippen LogP contribution in [0.3, 0.4) is 0 Å². The van der Waals surface area contributed by atoms with Crippen LogP contribution in [0.15, 0.2) is 48.5 Å². The molecule has 0 aromatic heterocycles. The van der Waals surface area contributed by atoms with Crippen molar-refractivity contribution in [1.82, 2.24) is 5.32 Å². The van der Waals surface area contributed by atoms with E-state index in [0.29, 0.717) is 23.9 Å². The molecule has 2 aromatic carbocycles. The first-order valence-electron chi connectivity index (χ1n) is 8.56. The molecule has 1 fully saturated rings. The maximum absolute atomic E-state index is 12.1. The lowest BCUT2D eigenvalue weighted by molar-refractivity contribution is -0.115. The number of ether oxygens (including phenoxy) is 1. The van der Waals surface area contributed by atoms with Gasteiger partial charge in [-0.15, -0.1) is 0 Å². The van der Waals surface area contributed by atoms with Crippen molar-refractivity contribution in [2.75, 3.05) is 11.9 Å². The van der Waals surface area contributed by atoms with Gasteiger partial charge in [-0.3, -0.25) is 9.59 Å². The molecular weight excluding hydrogens is 316 g/mol. The zero-order valence-electron chi connectivity index (χ0n) is 14.2. The quantitative estimate of drug-likeness (QED) is 0.815. The van der Waals surface area contributed by atoms with Crippen LogP contribution in [-0.4, -0.2) is 24.5 Å². The molecule has 25 heavy (non-hydrogen) atoms. The minimum Gasteiger partial charge on any atom is -0.494 e. The summed E-state index contributed by atoms with van der Waals surface area (Å²) in [6.07, 6.45) is 2.41. The fraction of sp³-hybridized carbons (Fsp3) is 0.300. The Morgan fingerprint density at radius 2 is 1.72 bits per heavy atom. The van der Waals surface area contributed by atoms with E-state index in [2.05, 4.69) is 10.6 Å². The van der Waals surface area contributed by atoms with Gasteiger partial charge < -0.3 is 15.4 Å². The minimum absolute atomic E-state index is 0.0604. The van der Waals surface area contributed by atoms with Crippen LogP contribution in [-0.2, 0) is 11.2 Å². The molecule has 2 amide bonds. The Morgan fingerprint density at radius 3 is 2.32 bits per heavy atom. The van der Waals surface area contributed by atoms with Crippen molar-refractivity contribution in [3.8, 4) is 5.75 Å². The van der Waals surface area contributed by atoms with Gasteiger partial charge in [0.2, 0.25) is 5.91 Å². The Morgan fingerprint density at radius 1 is 1.04 bits per heavy atom. The SMILES string of the molecule is CCOc1ccc(CC(=O)Nc2ccc(C(=O)NC3CC3)cc2)cc1. The van der Waals surface area contributed by atoms with Gasteiger partial charge >= 0.3 is 0 Å². The average molecular weight is 338 g/mol. The molecule has 0 spiro atoms. The summed E-state index contributed by atoms with van der Waals surface area (Å²) in [6, 6.07) is 14.8. The number of carbonyl (C=O) groups is 2. The molecule has 5 nitrogen and oxygen atoms in total. The predicted octanol–water partition coefficient (Wildman–Crippen LogP) is 3.16. The highest BCUT2D eigenvalue weighted by atomic mass is 16.5. The largest absolute Gasteiger partial charge is 0.494 e. The first kappa shape index (κ1) is 17.0. The third-order valence-electron chi connectivity index (χ3n) is 3.94. The fourth-order valence-electron chi connectivity index (χ4n) is 2.46. The first-order chi connectivity index (χ1) is 12.1. The van der Waals surface area contributed by atoms with Crippen molar-refractivity contribution in [1.29, 1.82) is 0 Å². The highest BCUT2D eigenvalue weighted by Crippen LogP contribution is 2.20. The molecule has 2 N–H and O–H groups in total. The van der Waals surface area contributed by atoms with E-state index >= 15 is 0 Å². The normalized spacial score (nSPS) is 13.2. The molecule has 5 heteroatoms. The minimum atomic E-state index is -0.0978. The van der Waals surface area contributed by atoms with Crippen LogP contribution < -0.4 is 15.4 Å². The monoisotopic (exact) mass is 338 g/mol. The van der Waals surface area contributed by atoms with Crippen molar-refractivity contribution in [3.63, 3.8) is 0 Å². The van der Waals surface area contributed by atoms with E-state index in [1.54, 1.807) is 24.3 Å². The van der Waals surface area contributed by atoms with Crippen LogP contribution in [0.25, 0.3) is 0 Å². The zero-order chi connectivity index (χ0) is 17.6. The molecule has 130 valence electrons. The molecule has 1 saturated carbocycles. The fourth-order valence-corrected chi connectivity index (χ4v) is 2.46. The third-order valence-corrected chi connectivity index (χ3v) is 3.94. The molecule has 0 atom stereocenters. The van der Waals surface area contributed by atoms with Gasteiger partial charge in [-0.2, -0.15) is 0 Å². The standard InChI is InChI=1S/C20H22N2O3/c1-2-25-18-11-3-14(4-12-18)13-19(23)21-16-7-5-15(6-8-16)20(24)22-17-9-10-17/h3-8,11-12,17H,2,9-10,13H2,1H3,(H,21,23)(H,22,24). The topological polar surface area (TPSA) is 67.4 Å². The van der Waals surface area contributed by atoms with Gasteiger partial charge in [0, 0.05) is 17.3 Å². The summed E-state index contributed by atoms with van der Waals surface area (Å²) in [5.74, 6) is 0.640. The van der Waals surface area contributed by atoms with E-state index in [9.17, 15) is 9.59 Å². The van der Waals surface area contributed by atoms with Gasteiger partial charge in [0.1, 0.15) is 5.75 Å². The summed E-state index contributed by atoms with van der Waals surface area (Å²) in [5.41, 5.74) is 2.21. The van der Waals surface area contributed by atoms with Gasteiger partial charge in [0.25, 0.3) is 5.91 Å². The molecule has 3 rings (SSSR count). The van der Waals surface area contributed by atoms with Crippen LogP contribution in [0.4, 0.5) is 5.69 Å². The first-order valence-corrected chi connectivity index (χ1v) is 8.56. The van der Waals surface area contributed by atoms with Gasteiger partial charge in [0.15, 0.2) is 0 Å². The molecule has 0 radical (unpaired) electrons. The van der Waals surface area contributed by atoms with Crippen LogP contribution in [0, 0.1) is 0 Å². The van der Waals surface area contributed by atoms with Crippen molar-refractivity contribution >= 4 is 17.5 Å². The number of carbonyl (C=O) groups excluding carboxylic acids is 2. The summed E-state index contributed by atoms with van der Waals surface area (Å²) in [5, 5.41) is 5.79. The summed E-state index contributed by atoms with van der Waals surface area (Å²) in [7, 11) is 0. The highest BCUT2D eigenvalue weighted by Gasteiger charge is 2.23. The number of rotatable bonds is 7. The summed E-state index contributed by atoms with van der Waals surface area (Å²) in [4.78, 5) is 24.1.